The van der Waals surface area contributed by atoms with Gasteiger partial charge in [-0.1, -0.05) is 516 Å². The van der Waals surface area contributed by atoms with E-state index in [1.807, 2.05) is 11.1 Å². The van der Waals surface area contributed by atoms with Crippen molar-refractivity contribution in [2.45, 2.75) is 614 Å². The largest absolute Gasteiger partial charge is 0.330 e. The van der Waals surface area contributed by atoms with E-state index in [1.165, 1.54) is 552 Å². The molecule has 0 saturated heterocycles. The third-order valence-corrected chi connectivity index (χ3v) is 34.7. The molecule has 0 aromatic carbocycles. The van der Waals surface area contributed by atoms with Crippen LogP contribution < -0.4 is 45.9 Å². The van der Waals surface area contributed by atoms with Crippen molar-refractivity contribution in [3.05, 3.63) is 108 Å². The Hall–Kier alpha value is -2.66. The van der Waals surface area contributed by atoms with Crippen LogP contribution in [0.3, 0.4) is 0 Å². The number of hydrogen-bond acceptors (Lipinski definition) is 8. The fourth-order valence-corrected chi connectivity index (χ4v) is 25.6. The Bertz CT molecular complexity index is 2950. The van der Waals surface area contributed by atoms with Crippen molar-refractivity contribution in [1.29, 1.82) is 0 Å². The topological polar surface area (TPSA) is 208 Å². The van der Waals surface area contributed by atoms with E-state index < -0.39 is 0 Å². The smallest absolute Gasteiger partial charge is 0.00172 e. The Morgan fingerprint density at radius 1 is 0.236 bits per heavy atom. The maximum atomic E-state index is 5.75. The molecule has 5 rings (SSSR count). The third-order valence-electron chi connectivity index (χ3n) is 34.7. The molecule has 15 atom stereocenters. The summed E-state index contributed by atoms with van der Waals surface area (Å²) in [6, 6.07) is 0. The van der Waals surface area contributed by atoms with Crippen molar-refractivity contribution < 1.29 is 0 Å². The molecular weight excluding hydrogens is 1750 g/mol. The summed E-state index contributed by atoms with van der Waals surface area (Å²) in [6.45, 7) is 25.4. The van der Waals surface area contributed by atoms with Crippen molar-refractivity contribution >= 4 is 0 Å². The SMILES string of the molecule is CCCC/C=C/C/C=C(/CCCCCCN)C(CC/C=C/CCCC)CCCCCCN.CCCCC/C=C/CC1C(CCCCCC)C=CC(CCCCCCCN)C1CCCCCCCN.CCCCCCC1C=C2C(C=CC(CCCCCCCN)C2CCCCCCCN)CC1CCCC.CCCCCCCCC1C=C2C(C=CC(CCCCCCCN)C2CCCCCCCN)CC1CCCCCC. The summed E-state index contributed by atoms with van der Waals surface area (Å²) < 4.78 is 0. The van der Waals surface area contributed by atoms with Gasteiger partial charge in [-0.15, -0.1) is 0 Å². The first kappa shape index (κ1) is 137. The van der Waals surface area contributed by atoms with Crippen LogP contribution in [0.15, 0.2) is 108 Å². The van der Waals surface area contributed by atoms with Gasteiger partial charge in [0.05, 0.1) is 0 Å². The maximum absolute atomic E-state index is 5.75. The van der Waals surface area contributed by atoms with Crippen molar-refractivity contribution in [2.24, 2.45) is 135 Å². The Morgan fingerprint density at radius 2 is 0.521 bits per heavy atom. The summed E-state index contributed by atoms with van der Waals surface area (Å²) in [4.78, 5) is 0. The van der Waals surface area contributed by atoms with E-state index >= 15 is 0 Å². The predicted octanol–water partition coefficient (Wildman–Crippen LogP) is 40.1. The molecule has 0 aromatic rings. The van der Waals surface area contributed by atoms with E-state index in [0.29, 0.717) is 0 Å². The van der Waals surface area contributed by atoms with Gasteiger partial charge in [-0.25, -0.2) is 0 Å². The number of nitrogens with two attached hydrogens (primary N) is 8. The molecule has 0 fully saturated rings. The van der Waals surface area contributed by atoms with Gasteiger partial charge in [0.2, 0.25) is 0 Å². The van der Waals surface area contributed by atoms with E-state index in [2.05, 4.69) is 147 Å². The van der Waals surface area contributed by atoms with E-state index in [0.717, 1.165) is 148 Å². The van der Waals surface area contributed by atoms with Gasteiger partial charge in [0.15, 0.2) is 0 Å². The van der Waals surface area contributed by atoms with Crippen LogP contribution in [0, 0.1) is 88.8 Å². The molecule has 844 valence electrons. The summed E-state index contributed by atoms with van der Waals surface area (Å²) in [6.07, 6.45) is 157. The Kier molecular flexibility index (Phi) is 99.9. The third kappa shape index (κ3) is 72.1. The highest BCUT2D eigenvalue weighted by Gasteiger charge is 2.40. The molecule has 0 saturated carbocycles. The van der Waals surface area contributed by atoms with Gasteiger partial charge in [-0.3, -0.25) is 0 Å². The molecule has 0 spiro atoms. The van der Waals surface area contributed by atoms with Gasteiger partial charge in [0.25, 0.3) is 0 Å². The van der Waals surface area contributed by atoms with Crippen LogP contribution in [0.1, 0.15) is 614 Å². The van der Waals surface area contributed by atoms with E-state index in [-0.39, 0.29) is 0 Å². The van der Waals surface area contributed by atoms with Crippen LogP contribution in [-0.4, -0.2) is 52.4 Å². The molecule has 8 nitrogen and oxygen atoms in total. The van der Waals surface area contributed by atoms with Crippen LogP contribution in [0.25, 0.3) is 0 Å². The van der Waals surface area contributed by atoms with Crippen molar-refractivity contribution in [1.82, 2.24) is 0 Å². The van der Waals surface area contributed by atoms with Gasteiger partial charge >= 0.3 is 0 Å². The van der Waals surface area contributed by atoms with Gasteiger partial charge in [-0.2, -0.15) is 0 Å². The molecule has 0 aliphatic heterocycles. The molecule has 15 unspecified atom stereocenters. The fraction of sp³-hybridized carbons (Fsp3) is 0.868. The lowest BCUT2D eigenvalue weighted by molar-refractivity contribution is 0.159. The minimum absolute atomic E-state index is 0.736. The molecule has 0 radical (unpaired) electrons. The van der Waals surface area contributed by atoms with Crippen molar-refractivity contribution in [3.63, 3.8) is 0 Å². The second-order valence-corrected chi connectivity index (χ2v) is 47.2. The van der Waals surface area contributed by atoms with Gasteiger partial charge in [0, 0.05) is 0 Å². The number of fused-ring (bicyclic) bond motifs is 2. The average Bonchev–Trinajstić information content (AvgIpc) is 0.787. The molecule has 5 aliphatic rings. The lowest BCUT2D eigenvalue weighted by Crippen LogP contribution is -2.31. The van der Waals surface area contributed by atoms with Gasteiger partial charge in [0.1, 0.15) is 0 Å². The van der Waals surface area contributed by atoms with Crippen molar-refractivity contribution in [3.8, 4) is 0 Å². The Balaban J connectivity index is 0.000000651. The molecule has 0 aromatic heterocycles. The first-order valence-electron chi connectivity index (χ1n) is 65.8. The average molecular weight is 2010 g/mol. The summed E-state index contributed by atoms with van der Waals surface area (Å²) in [5.41, 5.74) is 51.2. The summed E-state index contributed by atoms with van der Waals surface area (Å²) in [5, 5.41) is 0. The van der Waals surface area contributed by atoms with Crippen LogP contribution >= 0.6 is 0 Å². The summed E-state index contributed by atoms with van der Waals surface area (Å²) in [5.74, 6) is 12.2. The number of rotatable bonds is 97. The van der Waals surface area contributed by atoms with Crippen LogP contribution in [0.4, 0.5) is 0 Å². The van der Waals surface area contributed by atoms with Crippen LogP contribution in [-0.2, 0) is 0 Å². The summed E-state index contributed by atoms with van der Waals surface area (Å²) in [7, 11) is 0. The maximum Gasteiger partial charge on any atom is -0.00172 e. The van der Waals surface area contributed by atoms with E-state index in [4.69, 9.17) is 45.9 Å². The zero-order valence-electron chi connectivity index (χ0n) is 98.6. The lowest BCUT2D eigenvalue weighted by atomic mass is 9.62. The normalized spacial score (nSPS) is 21.7. The zero-order valence-corrected chi connectivity index (χ0v) is 98.6. The number of unbranched alkanes of at least 4 members (excludes halogenated alkanes) is 52. The Morgan fingerprint density at radius 3 is 0.924 bits per heavy atom. The summed E-state index contributed by atoms with van der Waals surface area (Å²) >= 11 is 0. The standard InChI is InChI=1S/C38H72N2.C34H64N2.C34H66N2.C30H58N2/c1-3-5-7-9-12-19-25-35-32-38-36(31-34(35)24-17-8-6-4-2)28-27-33(23-18-13-10-15-21-29-39)37(38)26-20-14-11-16-22-30-40;1-3-5-7-14-21-31-28-34-32(27-30(31)19-6-4-2)24-23-29(20-15-10-8-12-17-25-35)33(34)22-16-11-9-13-18-26-36;1-3-5-7-9-13-19-25-33-31(23-17-8-6-4-2)27-28-32(24-18-12-10-15-21-29-35)34(33)26-20-14-11-16-22-30-36;1-3-5-7-9-11-17-23-29(25-19-13-15-21-27-31)30(26-20-14-16-22-28-32)24-18-12-10-8-6-4-2/h27-28,32-37H,3-26,29-31,39-40H2,1-2H3;23-24,28-33H,3-22,25-27,35-36H2,1-2H3;13,19,27-28,31-34H,3-12,14-18,20-26,29-30,35-36H2,1-2H3;9-12,23,30H,3-8,13-22,24-28,31-32H2,1-2H3/b;;19-13+;11-9+,12-10+,29-23-. The first-order valence-corrected chi connectivity index (χ1v) is 65.8. The number of allylic oxidation sites excluding steroid dienone is 18. The molecule has 5 aliphatic carbocycles. The van der Waals surface area contributed by atoms with Crippen LogP contribution in [0.2, 0.25) is 0 Å². The van der Waals surface area contributed by atoms with E-state index in [9.17, 15) is 0 Å². The van der Waals surface area contributed by atoms with Crippen LogP contribution in [0.5, 0.6) is 0 Å². The molecule has 16 N–H and O–H groups in total. The van der Waals surface area contributed by atoms with Gasteiger partial charge in [-0.05, 0) is 347 Å². The second kappa shape index (κ2) is 105. The highest BCUT2D eigenvalue weighted by Crippen LogP contribution is 2.52. The second-order valence-electron chi connectivity index (χ2n) is 47.2. The zero-order chi connectivity index (χ0) is 104. The predicted molar refractivity (Wildman–Crippen MR) is 651 cm³/mol. The van der Waals surface area contributed by atoms with E-state index in [1.54, 1.807) is 5.57 Å². The quantitative estimate of drug-likeness (QED) is 0.0217. The minimum Gasteiger partial charge on any atom is -0.330 e. The molecule has 144 heavy (non-hydrogen) atoms. The first-order chi connectivity index (χ1) is 71.1. The lowest BCUT2D eigenvalue weighted by Gasteiger charge is -2.42. The molecule has 0 heterocycles. The molecule has 0 bridgehead atoms. The number of hydrogen-bond donors (Lipinski definition) is 8. The molecule has 8 heteroatoms. The van der Waals surface area contributed by atoms with Gasteiger partial charge < -0.3 is 45.9 Å². The fourth-order valence-electron chi connectivity index (χ4n) is 25.6. The monoisotopic (exact) mass is 2010 g/mol. The highest BCUT2D eigenvalue weighted by atomic mass is 14.5. The molecule has 0 amide bonds. The Labute approximate surface area is 903 Å². The van der Waals surface area contributed by atoms with Crippen molar-refractivity contribution in [2.75, 3.05) is 52.4 Å². The molecular formula is C136H260N8. The minimum atomic E-state index is 0.736. The highest BCUT2D eigenvalue weighted by molar-refractivity contribution is 5.29.